The molecule has 33 heavy (non-hydrogen) atoms. The zero-order chi connectivity index (χ0) is 23.6. The summed E-state index contributed by atoms with van der Waals surface area (Å²) in [5.74, 6) is 0.216. The molecule has 0 aliphatic carbocycles. The Morgan fingerprint density at radius 2 is 1.39 bits per heavy atom. The average molecular weight is 449 g/mol. The molecule has 0 saturated carbocycles. The Kier molecular flexibility index (Phi) is 8.61. The lowest BCUT2D eigenvalue weighted by atomic mass is 9.98. The van der Waals surface area contributed by atoms with Gasteiger partial charge in [-0.3, -0.25) is 9.59 Å². The zero-order valence-corrected chi connectivity index (χ0v) is 19.0. The van der Waals surface area contributed by atoms with Crippen LogP contribution in [0.15, 0.2) is 78.9 Å². The van der Waals surface area contributed by atoms with Crippen molar-refractivity contribution in [2.24, 2.45) is 0 Å². The van der Waals surface area contributed by atoms with Gasteiger partial charge in [0.15, 0.2) is 5.78 Å². The van der Waals surface area contributed by atoms with E-state index in [2.05, 4.69) is 0 Å². The van der Waals surface area contributed by atoms with Gasteiger partial charge in [-0.2, -0.15) is 0 Å². The van der Waals surface area contributed by atoms with Crippen LogP contribution in [0.5, 0.6) is 11.5 Å². The third-order valence-corrected chi connectivity index (χ3v) is 5.31. The number of ketones is 1. The maximum atomic E-state index is 13.7. The second-order valence-corrected chi connectivity index (χ2v) is 7.37. The van der Waals surface area contributed by atoms with Crippen molar-refractivity contribution >= 4 is 11.8 Å². The molecule has 0 spiro atoms. The maximum absolute atomic E-state index is 13.7. The molecule has 3 aromatic carbocycles. The van der Waals surface area contributed by atoms with Crippen molar-refractivity contribution < 1.29 is 28.5 Å². The van der Waals surface area contributed by atoms with Crippen molar-refractivity contribution in [3.05, 3.63) is 95.6 Å². The van der Waals surface area contributed by atoms with Crippen LogP contribution >= 0.6 is 0 Å². The minimum absolute atomic E-state index is 0.0372. The Bertz CT molecular complexity index is 1010. The van der Waals surface area contributed by atoms with Gasteiger partial charge in [-0.15, -0.1) is 0 Å². The van der Waals surface area contributed by atoms with Crippen LogP contribution in [0.1, 0.15) is 40.4 Å². The summed E-state index contributed by atoms with van der Waals surface area (Å²) in [5.41, 5.74) is 2.13. The molecule has 6 heteroatoms. The highest BCUT2D eigenvalue weighted by atomic mass is 16.5. The molecule has 0 aliphatic rings. The van der Waals surface area contributed by atoms with Crippen LogP contribution in [0.25, 0.3) is 0 Å². The fourth-order valence-electron chi connectivity index (χ4n) is 3.56. The van der Waals surface area contributed by atoms with Crippen LogP contribution < -0.4 is 9.47 Å². The number of ether oxygens (including phenoxy) is 4. The van der Waals surface area contributed by atoms with E-state index in [1.54, 1.807) is 18.2 Å². The zero-order valence-electron chi connectivity index (χ0n) is 19.0. The van der Waals surface area contributed by atoms with E-state index >= 15 is 0 Å². The van der Waals surface area contributed by atoms with Crippen molar-refractivity contribution in [1.82, 2.24) is 0 Å². The van der Waals surface area contributed by atoms with E-state index in [-0.39, 0.29) is 18.6 Å². The quantitative estimate of drug-likeness (QED) is 0.303. The summed E-state index contributed by atoms with van der Waals surface area (Å²) in [6, 6.07) is 24.3. The molecule has 0 aromatic heterocycles. The molecule has 0 bridgehead atoms. The minimum Gasteiger partial charge on any atom is -0.497 e. The van der Waals surface area contributed by atoms with Crippen molar-refractivity contribution in [3.8, 4) is 11.5 Å². The van der Waals surface area contributed by atoms with E-state index in [0.29, 0.717) is 17.1 Å². The van der Waals surface area contributed by atoms with Gasteiger partial charge in [-0.05, 0) is 35.7 Å². The third kappa shape index (κ3) is 6.20. The molecule has 0 aliphatic heterocycles. The molecule has 1 atom stereocenters. The highest BCUT2D eigenvalue weighted by molar-refractivity contribution is 6.02. The smallest absolute Gasteiger partial charge is 0.305 e. The average Bonchev–Trinajstić information content (AvgIpc) is 2.88. The number of rotatable bonds is 11. The standard InChI is InChI=1S/C27H28O6/c1-30-21-14-15-23(31-2)22(18-21)26(29)24(16-17-25(28)32-3)33-27(19-10-6-4-7-11-19)20-12-8-5-9-13-20/h4-15,18,24,27H,16-17H2,1-3H3/t24-/m0/s1. The molecule has 0 radical (unpaired) electrons. The van der Waals surface area contributed by atoms with Crippen LogP contribution in [-0.4, -0.2) is 39.2 Å². The first-order chi connectivity index (χ1) is 16.1. The summed E-state index contributed by atoms with van der Waals surface area (Å²) in [7, 11) is 4.35. The van der Waals surface area contributed by atoms with Crippen LogP contribution in [-0.2, 0) is 14.3 Å². The molecular formula is C27H28O6. The van der Waals surface area contributed by atoms with Crippen molar-refractivity contribution in [2.75, 3.05) is 21.3 Å². The Labute approximate surface area is 194 Å². The number of esters is 1. The van der Waals surface area contributed by atoms with E-state index in [4.69, 9.17) is 18.9 Å². The van der Waals surface area contributed by atoms with Crippen molar-refractivity contribution in [1.29, 1.82) is 0 Å². The monoisotopic (exact) mass is 448 g/mol. The molecule has 0 heterocycles. The lowest BCUT2D eigenvalue weighted by Gasteiger charge is -2.25. The first-order valence-electron chi connectivity index (χ1n) is 10.7. The summed E-state index contributed by atoms with van der Waals surface area (Å²) >= 11 is 0. The van der Waals surface area contributed by atoms with Gasteiger partial charge in [0, 0.05) is 6.42 Å². The van der Waals surface area contributed by atoms with Crippen molar-refractivity contribution in [2.45, 2.75) is 25.0 Å². The summed E-state index contributed by atoms with van der Waals surface area (Å²) < 4.78 is 22.0. The fraction of sp³-hybridized carbons (Fsp3) is 0.259. The molecule has 0 amide bonds. The van der Waals surface area contributed by atoms with Crippen LogP contribution in [0.3, 0.4) is 0 Å². The first kappa shape index (κ1) is 24.0. The number of carbonyl (C=O) groups excluding carboxylic acids is 2. The van der Waals surface area contributed by atoms with Gasteiger partial charge in [0.2, 0.25) is 0 Å². The van der Waals surface area contributed by atoms with Crippen LogP contribution in [0.4, 0.5) is 0 Å². The normalized spacial score (nSPS) is 11.6. The minimum atomic E-state index is -0.921. The molecule has 3 rings (SSSR count). The van der Waals surface area contributed by atoms with E-state index in [1.807, 2.05) is 60.7 Å². The topological polar surface area (TPSA) is 71.1 Å². The Morgan fingerprint density at radius 3 is 1.91 bits per heavy atom. The number of hydrogen-bond donors (Lipinski definition) is 0. The van der Waals surface area contributed by atoms with Gasteiger partial charge < -0.3 is 18.9 Å². The highest BCUT2D eigenvalue weighted by Crippen LogP contribution is 2.32. The maximum Gasteiger partial charge on any atom is 0.305 e. The van der Waals surface area contributed by atoms with Gasteiger partial charge in [0.25, 0.3) is 0 Å². The molecule has 0 fully saturated rings. The third-order valence-electron chi connectivity index (χ3n) is 5.31. The number of carbonyl (C=O) groups is 2. The van der Waals surface area contributed by atoms with Gasteiger partial charge in [-0.25, -0.2) is 0 Å². The van der Waals surface area contributed by atoms with Gasteiger partial charge in [-0.1, -0.05) is 60.7 Å². The molecule has 0 unspecified atom stereocenters. The highest BCUT2D eigenvalue weighted by Gasteiger charge is 2.29. The Morgan fingerprint density at radius 1 is 0.788 bits per heavy atom. The van der Waals surface area contributed by atoms with E-state index < -0.39 is 18.2 Å². The second-order valence-electron chi connectivity index (χ2n) is 7.37. The summed E-state index contributed by atoms with van der Waals surface area (Å²) in [5, 5.41) is 0. The number of benzene rings is 3. The van der Waals surface area contributed by atoms with Crippen LogP contribution in [0.2, 0.25) is 0 Å². The Balaban J connectivity index is 2.00. The predicted molar refractivity (Wildman–Crippen MR) is 125 cm³/mol. The molecule has 0 saturated heterocycles. The summed E-state index contributed by atoms with van der Waals surface area (Å²) in [4.78, 5) is 25.6. The molecule has 6 nitrogen and oxygen atoms in total. The molecular weight excluding hydrogens is 420 g/mol. The largest absolute Gasteiger partial charge is 0.497 e. The fourth-order valence-corrected chi connectivity index (χ4v) is 3.56. The van der Waals surface area contributed by atoms with E-state index in [1.165, 1.54) is 21.3 Å². The van der Waals surface area contributed by atoms with E-state index in [9.17, 15) is 9.59 Å². The predicted octanol–water partition coefficient (Wildman–Crippen LogP) is 5.01. The lowest BCUT2D eigenvalue weighted by molar-refractivity contribution is -0.141. The first-order valence-corrected chi connectivity index (χ1v) is 10.7. The van der Waals surface area contributed by atoms with Gasteiger partial charge >= 0.3 is 5.97 Å². The number of hydrogen-bond acceptors (Lipinski definition) is 6. The molecule has 0 N–H and O–H groups in total. The van der Waals surface area contributed by atoms with Gasteiger partial charge in [0.1, 0.15) is 23.7 Å². The summed E-state index contributed by atoms with van der Waals surface area (Å²) in [6.07, 6.45) is -1.23. The second kappa shape index (κ2) is 11.8. The van der Waals surface area contributed by atoms with Gasteiger partial charge in [0.05, 0.1) is 26.9 Å². The lowest BCUT2D eigenvalue weighted by Crippen LogP contribution is -2.28. The number of methoxy groups -OCH3 is 3. The molecule has 172 valence electrons. The molecule has 3 aromatic rings. The number of Topliss-reactive ketones (excluding diaryl/α,β-unsaturated/α-hetero) is 1. The Hall–Kier alpha value is -3.64. The van der Waals surface area contributed by atoms with E-state index in [0.717, 1.165) is 11.1 Å². The SMILES string of the molecule is COC(=O)CC[C@H](OC(c1ccccc1)c1ccccc1)C(=O)c1cc(OC)ccc1OC. The summed E-state index contributed by atoms with van der Waals surface area (Å²) in [6.45, 7) is 0. The van der Waals surface area contributed by atoms with Crippen molar-refractivity contribution in [3.63, 3.8) is 0 Å². The van der Waals surface area contributed by atoms with Crippen LogP contribution in [0, 0.1) is 0 Å².